The van der Waals surface area contributed by atoms with Crippen LogP contribution in [0.5, 0.6) is 0 Å². The Morgan fingerprint density at radius 3 is 2.00 bits per heavy atom. The van der Waals surface area contributed by atoms with E-state index in [9.17, 15) is 8.78 Å². The lowest BCUT2D eigenvalue weighted by molar-refractivity contribution is 0.151. The van der Waals surface area contributed by atoms with Gasteiger partial charge in [-0.2, -0.15) is 0 Å². The smallest absolute Gasteiger partial charge is 0.263 e. The summed E-state index contributed by atoms with van der Waals surface area (Å²) in [5, 5.41) is 0. The predicted molar refractivity (Wildman–Crippen MR) is 48.8 cm³/mol. The van der Waals surface area contributed by atoms with Crippen molar-refractivity contribution in [2.75, 3.05) is 0 Å². The molecule has 0 fully saturated rings. The first-order valence-corrected chi connectivity index (χ1v) is 4.24. The Labute approximate surface area is 76.6 Å². The van der Waals surface area contributed by atoms with E-state index >= 15 is 0 Å². The maximum absolute atomic E-state index is 12.1. The van der Waals surface area contributed by atoms with E-state index in [1.165, 1.54) is 12.1 Å². The molecule has 0 aliphatic carbocycles. The van der Waals surface area contributed by atoms with Crippen molar-refractivity contribution < 1.29 is 8.78 Å². The van der Waals surface area contributed by atoms with Crippen LogP contribution in [0, 0.1) is 0 Å². The molecule has 1 aromatic rings. The molecule has 0 bridgehead atoms. The summed E-state index contributed by atoms with van der Waals surface area (Å²) >= 11 is 0. The molecule has 0 aromatic heterocycles. The fraction of sp³-hybridized carbons (Fsp3) is 0.400. The summed E-state index contributed by atoms with van der Waals surface area (Å²) in [6.45, 7) is 1.90. The van der Waals surface area contributed by atoms with Crippen LogP contribution >= 0.6 is 0 Å². The van der Waals surface area contributed by atoms with Gasteiger partial charge in [0.1, 0.15) is 0 Å². The van der Waals surface area contributed by atoms with Gasteiger partial charge < -0.3 is 5.73 Å². The van der Waals surface area contributed by atoms with Gasteiger partial charge in [0, 0.05) is 5.56 Å². The summed E-state index contributed by atoms with van der Waals surface area (Å²) in [5.41, 5.74) is 8.37. The molecule has 1 nitrogen and oxygen atoms in total. The van der Waals surface area contributed by atoms with Crippen molar-refractivity contribution in [3.63, 3.8) is 0 Å². The molecule has 1 atom stereocenters. The van der Waals surface area contributed by atoms with Gasteiger partial charge in [0.15, 0.2) is 0 Å². The van der Waals surface area contributed by atoms with E-state index in [1.54, 1.807) is 12.1 Å². The van der Waals surface area contributed by atoms with Gasteiger partial charge in [0.2, 0.25) is 0 Å². The van der Waals surface area contributed by atoms with Crippen molar-refractivity contribution in [3.05, 3.63) is 41.1 Å². The Hall–Kier alpha value is -0.960. The van der Waals surface area contributed by atoms with E-state index in [1.807, 2.05) is 6.92 Å². The zero-order valence-electron chi connectivity index (χ0n) is 7.43. The van der Waals surface area contributed by atoms with Gasteiger partial charge in [0.05, 0.1) is 0 Å². The van der Waals surface area contributed by atoms with Crippen LogP contribution in [0.4, 0.5) is 8.78 Å². The van der Waals surface area contributed by atoms with Crippen LogP contribution < -0.4 is 0 Å². The SMILES string of the molecule is CC[C@@H]([NH-])c1ccc(C(F)F)cc1. The lowest BCUT2D eigenvalue weighted by Gasteiger charge is -2.18. The maximum atomic E-state index is 12.1. The van der Waals surface area contributed by atoms with E-state index in [4.69, 9.17) is 5.73 Å². The van der Waals surface area contributed by atoms with Crippen molar-refractivity contribution in [2.45, 2.75) is 25.8 Å². The average Bonchev–Trinajstić information content (AvgIpc) is 2.17. The Balaban J connectivity index is 2.81. The zero-order valence-corrected chi connectivity index (χ0v) is 7.43. The normalized spacial score (nSPS) is 13.3. The number of halogens is 2. The molecule has 0 unspecified atom stereocenters. The van der Waals surface area contributed by atoms with Crippen LogP contribution in [-0.2, 0) is 0 Å². The molecule has 0 aliphatic heterocycles. The molecule has 0 saturated heterocycles. The van der Waals surface area contributed by atoms with Crippen molar-refractivity contribution >= 4 is 0 Å². The lowest BCUT2D eigenvalue weighted by Crippen LogP contribution is -1.91. The fourth-order valence-corrected chi connectivity index (χ4v) is 1.11. The maximum Gasteiger partial charge on any atom is 0.263 e. The van der Waals surface area contributed by atoms with Crippen LogP contribution in [0.15, 0.2) is 24.3 Å². The molecular weight excluding hydrogens is 172 g/mol. The summed E-state index contributed by atoms with van der Waals surface area (Å²) in [5.74, 6) is 0. The zero-order chi connectivity index (χ0) is 9.84. The van der Waals surface area contributed by atoms with Crippen molar-refractivity contribution in [1.29, 1.82) is 0 Å². The van der Waals surface area contributed by atoms with Crippen molar-refractivity contribution in [1.82, 2.24) is 0 Å². The summed E-state index contributed by atoms with van der Waals surface area (Å²) < 4.78 is 24.3. The molecule has 0 saturated carbocycles. The third-order valence-electron chi connectivity index (χ3n) is 2.00. The van der Waals surface area contributed by atoms with Crippen molar-refractivity contribution in [2.24, 2.45) is 0 Å². The lowest BCUT2D eigenvalue weighted by atomic mass is 10.0. The molecule has 1 rings (SSSR count). The highest BCUT2D eigenvalue weighted by atomic mass is 19.3. The molecule has 3 heteroatoms. The number of hydrogen-bond acceptors (Lipinski definition) is 0. The summed E-state index contributed by atoms with van der Waals surface area (Å²) in [7, 11) is 0. The molecule has 1 aromatic carbocycles. The molecule has 0 radical (unpaired) electrons. The van der Waals surface area contributed by atoms with E-state index in [2.05, 4.69) is 0 Å². The number of alkyl halides is 2. The van der Waals surface area contributed by atoms with E-state index in [0.717, 1.165) is 5.56 Å². The first-order valence-electron chi connectivity index (χ1n) is 4.24. The van der Waals surface area contributed by atoms with Crippen LogP contribution in [0.2, 0.25) is 0 Å². The summed E-state index contributed by atoms with van der Waals surface area (Å²) in [4.78, 5) is 0. The van der Waals surface area contributed by atoms with Gasteiger partial charge in [0.25, 0.3) is 6.43 Å². The first-order chi connectivity index (χ1) is 6.15. The van der Waals surface area contributed by atoms with Crippen LogP contribution in [0.1, 0.15) is 36.9 Å². The Morgan fingerprint density at radius 1 is 1.15 bits per heavy atom. The molecule has 1 N–H and O–H groups in total. The van der Waals surface area contributed by atoms with Crippen LogP contribution in [0.25, 0.3) is 5.73 Å². The van der Waals surface area contributed by atoms with E-state index < -0.39 is 6.43 Å². The van der Waals surface area contributed by atoms with Crippen molar-refractivity contribution in [3.8, 4) is 0 Å². The molecule has 0 heterocycles. The van der Waals surface area contributed by atoms with Gasteiger partial charge in [-0.05, 0) is 0 Å². The largest absolute Gasteiger partial charge is 0.671 e. The summed E-state index contributed by atoms with van der Waals surface area (Å²) in [6.07, 6.45) is -1.71. The third-order valence-corrected chi connectivity index (χ3v) is 2.00. The van der Waals surface area contributed by atoms with E-state index in [-0.39, 0.29) is 11.6 Å². The minimum Gasteiger partial charge on any atom is -0.671 e. The molecule has 72 valence electrons. The Bertz CT molecular complexity index is 256. The molecule has 0 amide bonds. The molecule has 0 aliphatic rings. The van der Waals surface area contributed by atoms with E-state index in [0.29, 0.717) is 6.42 Å². The van der Waals surface area contributed by atoms with Crippen LogP contribution in [-0.4, -0.2) is 0 Å². The predicted octanol–water partition coefficient (Wildman–Crippen LogP) is 4.13. The second-order valence-corrected chi connectivity index (χ2v) is 2.93. The minimum atomic E-state index is -2.42. The Morgan fingerprint density at radius 2 is 1.62 bits per heavy atom. The third kappa shape index (κ3) is 2.49. The summed E-state index contributed by atoms with van der Waals surface area (Å²) in [6, 6.07) is 5.67. The molecular formula is C10H12F2N-. The second kappa shape index (κ2) is 4.33. The second-order valence-electron chi connectivity index (χ2n) is 2.93. The first kappa shape index (κ1) is 10.1. The monoisotopic (exact) mass is 184 g/mol. The fourth-order valence-electron chi connectivity index (χ4n) is 1.11. The highest BCUT2D eigenvalue weighted by molar-refractivity contribution is 5.26. The van der Waals surface area contributed by atoms with Gasteiger partial charge in [-0.15, -0.1) is 6.04 Å². The highest BCUT2D eigenvalue weighted by Crippen LogP contribution is 2.23. The Kier molecular flexibility index (Phi) is 3.37. The van der Waals surface area contributed by atoms with Gasteiger partial charge >= 0.3 is 0 Å². The standard InChI is InChI=1S/C10H12F2N/c1-2-9(13)7-3-5-8(6-4-7)10(11)12/h3-6,9-10,13H,2H2,1H3/q-1/t9-/m1/s1. The van der Waals surface area contributed by atoms with Crippen LogP contribution in [0.3, 0.4) is 0 Å². The quantitative estimate of drug-likeness (QED) is 0.674. The average molecular weight is 184 g/mol. The minimum absolute atomic E-state index is 0.0204. The number of hydrogen-bond donors (Lipinski definition) is 0. The number of rotatable bonds is 3. The van der Waals surface area contributed by atoms with Gasteiger partial charge in [-0.1, -0.05) is 43.2 Å². The highest BCUT2D eigenvalue weighted by Gasteiger charge is 2.05. The number of benzene rings is 1. The number of nitrogens with one attached hydrogen (secondary N) is 1. The van der Waals surface area contributed by atoms with Gasteiger partial charge in [-0.25, -0.2) is 8.78 Å². The molecule has 0 spiro atoms. The topological polar surface area (TPSA) is 23.8 Å². The van der Waals surface area contributed by atoms with Gasteiger partial charge in [-0.3, -0.25) is 0 Å². The molecule has 13 heavy (non-hydrogen) atoms.